The van der Waals surface area contributed by atoms with Gasteiger partial charge in [-0.3, -0.25) is 9.59 Å². The standard InChI is InChI=1S/C74H143NO5/c1-3-5-7-9-11-13-15-17-19-21-34-38-42-46-50-54-58-62-66-72(77)71(70-76)75-73(78)67-63-59-55-51-47-43-39-35-32-30-28-26-24-23-25-27-29-31-33-37-41-45-49-53-57-61-65-69-80-74(79)68-64-60-56-52-48-44-40-36-22-20-18-16-14-12-10-8-6-4-2/h23-24,62,66,71-72,76-77H,3-22,25-61,63-65,67-70H2,1-2H3,(H,75,78)/b24-23-,66-62+. The van der Waals surface area contributed by atoms with E-state index >= 15 is 0 Å². The molecule has 2 unspecified atom stereocenters. The van der Waals surface area contributed by atoms with Crippen molar-refractivity contribution < 1.29 is 24.5 Å². The number of rotatable bonds is 69. The zero-order chi connectivity index (χ0) is 57.8. The molecule has 0 radical (unpaired) electrons. The molecule has 0 spiro atoms. The van der Waals surface area contributed by atoms with Crippen LogP contribution in [0.4, 0.5) is 0 Å². The molecule has 1 amide bonds. The number of ether oxygens (including phenoxy) is 1. The second kappa shape index (κ2) is 69.8. The van der Waals surface area contributed by atoms with Crippen molar-refractivity contribution in [3.63, 3.8) is 0 Å². The van der Waals surface area contributed by atoms with Crippen molar-refractivity contribution >= 4 is 11.9 Å². The summed E-state index contributed by atoms with van der Waals surface area (Å²) in [5, 5.41) is 23.2. The summed E-state index contributed by atoms with van der Waals surface area (Å²) in [6, 6.07) is -0.629. The fourth-order valence-corrected chi connectivity index (χ4v) is 11.6. The highest BCUT2D eigenvalue weighted by molar-refractivity contribution is 5.76. The monoisotopic (exact) mass is 1130 g/mol. The number of aliphatic hydroxyl groups is 2. The number of carbonyl (C=O) groups is 2. The van der Waals surface area contributed by atoms with Gasteiger partial charge in [0.05, 0.1) is 25.4 Å². The molecule has 80 heavy (non-hydrogen) atoms. The topological polar surface area (TPSA) is 95.9 Å². The van der Waals surface area contributed by atoms with Crippen molar-refractivity contribution in [3.8, 4) is 0 Å². The number of unbranched alkanes of at least 4 members (excludes halogenated alkanes) is 56. The average molecular weight is 1130 g/mol. The average Bonchev–Trinajstić information content (AvgIpc) is 3.46. The molecule has 0 aliphatic heterocycles. The summed E-state index contributed by atoms with van der Waals surface area (Å²) >= 11 is 0. The highest BCUT2D eigenvalue weighted by atomic mass is 16.5. The van der Waals surface area contributed by atoms with Gasteiger partial charge < -0.3 is 20.3 Å². The van der Waals surface area contributed by atoms with Crippen LogP contribution in [-0.2, 0) is 14.3 Å². The fourth-order valence-electron chi connectivity index (χ4n) is 11.6. The number of allylic oxidation sites excluding steroid dienone is 3. The van der Waals surface area contributed by atoms with E-state index < -0.39 is 12.1 Å². The molecule has 6 nitrogen and oxygen atoms in total. The summed E-state index contributed by atoms with van der Waals surface area (Å²) in [4.78, 5) is 24.6. The lowest BCUT2D eigenvalue weighted by molar-refractivity contribution is -0.143. The van der Waals surface area contributed by atoms with E-state index in [4.69, 9.17) is 4.74 Å². The Morgan fingerprint density at radius 3 is 0.887 bits per heavy atom. The van der Waals surface area contributed by atoms with E-state index in [1.54, 1.807) is 6.08 Å². The van der Waals surface area contributed by atoms with Crippen LogP contribution in [0, 0.1) is 0 Å². The predicted molar refractivity (Wildman–Crippen MR) is 352 cm³/mol. The van der Waals surface area contributed by atoms with Gasteiger partial charge in [0.1, 0.15) is 0 Å². The summed E-state index contributed by atoms with van der Waals surface area (Å²) in [5.74, 6) is -0.0453. The summed E-state index contributed by atoms with van der Waals surface area (Å²) < 4.78 is 5.51. The molecule has 0 saturated carbocycles. The summed E-state index contributed by atoms with van der Waals surface area (Å²) in [6.07, 6.45) is 88.4. The quantitative estimate of drug-likeness (QED) is 0.0320. The molecule has 2 atom stereocenters. The Morgan fingerprint density at radius 2 is 0.588 bits per heavy atom. The van der Waals surface area contributed by atoms with E-state index in [9.17, 15) is 19.8 Å². The number of hydrogen-bond acceptors (Lipinski definition) is 5. The molecule has 0 aromatic heterocycles. The Bertz CT molecular complexity index is 1250. The van der Waals surface area contributed by atoms with Crippen LogP contribution in [0.2, 0.25) is 0 Å². The van der Waals surface area contributed by atoms with Crippen molar-refractivity contribution in [1.29, 1.82) is 0 Å². The maximum Gasteiger partial charge on any atom is 0.305 e. The summed E-state index contributed by atoms with van der Waals surface area (Å²) in [6.45, 7) is 4.95. The smallest absolute Gasteiger partial charge is 0.305 e. The first kappa shape index (κ1) is 78.3. The normalized spacial score (nSPS) is 12.6. The first-order valence-electron chi connectivity index (χ1n) is 36.6. The maximum atomic E-state index is 12.5. The molecule has 474 valence electrons. The van der Waals surface area contributed by atoms with Crippen LogP contribution < -0.4 is 5.32 Å². The Kier molecular flexibility index (Phi) is 68.4. The van der Waals surface area contributed by atoms with E-state index in [1.807, 2.05) is 6.08 Å². The largest absolute Gasteiger partial charge is 0.466 e. The van der Waals surface area contributed by atoms with E-state index in [0.29, 0.717) is 19.4 Å². The van der Waals surface area contributed by atoms with Gasteiger partial charge in [-0.1, -0.05) is 366 Å². The van der Waals surface area contributed by atoms with E-state index in [0.717, 1.165) is 38.5 Å². The zero-order valence-corrected chi connectivity index (χ0v) is 54.3. The van der Waals surface area contributed by atoms with Gasteiger partial charge in [-0.05, 0) is 57.8 Å². The summed E-state index contributed by atoms with van der Waals surface area (Å²) in [5.41, 5.74) is 0. The maximum absolute atomic E-state index is 12.5. The van der Waals surface area contributed by atoms with Gasteiger partial charge in [-0.25, -0.2) is 0 Å². The number of esters is 1. The van der Waals surface area contributed by atoms with Gasteiger partial charge in [0.25, 0.3) is 0 Å². The minimum atomic E-state index is -0.845. The molecule has 0 bridgehead atoms. The minimum Gasteiger partial charge on any atom is -0.466 e. The Balaban J connectivity index is 3.38. The van der Waals surface area contributed by atoms with Gasteiger partial charge in [0.2, 0.25) is 5.91 Å². The minimum absolute atomic E-state index is 0.0200. The SMILES string of the molecule is CCCCCCCCCCCCCCCCCC/C=C/C(O)C(CO)NC(=O)CCCCCCCCCCCCC/C=C\CCCCCCCCCCCCCCOC(=O)CCCCCCCCCCCCCCCCCCCC. The number of aliphatic hydroxyl groups excluding tert-OH is 2. The van der Waals surface area contributed by atoms with Crippen molar-refractivity contribution in [3.05, 3.63) is 24.3 Å². The fraction of sp³-hybridized carbons (Fsp3) is 0.919. The zero-order valence-electron chi connectivity index (χ0n) is 54.3. The third-order valence-corrected chi connectivity index (χ3v) is 17.2. The van der Waals surface area contributed by atoms with Crippen LogP contribution in [0.5, 0.6) is 0 Å². The van der Waals surface area contributed by atoms with Crippen molar-refractivity contribution in [2.24, 2.45) is 0 Å². The Hall–Kier alpha value is -1.66. The third-order valence-electron chi connectivity index (χ3n) is 17.2. The summed E-state index contributed by atoms with van der Waals surface area (Å²) in [7, 11) is 0. The van der Waals surface area contributed by atoms with E-state index in [1.165, 1.54) is 347 Å². The highest BCUT2D eigenvalue weighted by Gasteiger charge is 2.18. The van der Waals surface area contributed by atoms with Gasteiger partial charge >= 0.3 is 5.97 Å². The molecular weight excluding hydrogens is 983 g/mol. The van der Waals surface area contributed by atoms with Gasteiger partial charge in [0.15, 0.2) is 0 Å². The van der Waals surface area contributed by atoms with Crippen molar-refractivity contribution in [2.75, 3.05) is 13.2 Å². The van der Waals surface area contributed by atoms with E-state index in [2.05, 4.69) is 31.3 Å². The Labute approximate surface area is 501 Å². The lowest BCUT2D eigenvalue weighted by Gasteiger charge is -2.20. The van der Waals surface area contributed by atoms with Crippen LogP contribution in [0.15, 0.2) is 24.3 Å². The van der Waals surface area contributed by atoms with Gasteiger partial charge in [-0.2, -0.15) is 0 Å². The number of nitrogens with one attached hydrogen (secondary N) is 1. The molecule has 0 rings (SSSR count). The molecular formula is C74H143NO5. The molecule has 0 aromatic rings. The molecule has 0 saturated heterocycles. The second-order valence-corrected chi connectivity index (χ2v) is 25.3. The Morgan fingerprint density at radius 1 is 0.338 bits per heavy atom. The second-order valence-electron chi connectivity index (χ2n) is 25.3. The van der Waals surface area contributed by atoms with Crippen LogP contribution in [-0.4, -0.2) is 47.4 Å². The van der Waals surface area contributed by atoms with Crippen LogP contribution in [0.3, 0.4) is 0 Å². The predicted octanol–water partition coefficient (Wildman–Crippen LogP) is 23.7. The lowest BCUT2D eigenvalue weighted by Crippen LogP contribution is -2.45. The molecule has 0 fully saturated rings. The first-order chi connectivity index (χ1) is 39.5. The van der Waals surface area contributed by atoms with Crippen LogP contribution >= 0.6 is 0 Å². The highest BCUT2D eigenvalue weighted by Crippen LogP contribution is 2.19. The molecule has 6 heteroatoms. The van der Waals surface area contributed by atoms with Gasteiger partial charge in [0, 0.05) is 12.8 Å². The van der Waals surface area contributed by atoms with Crippen LogP contribution in [0.1, 0.15) is 412 Å². The number of amides is 1. The molecule has 0 aromatic carbocycles. The molecule has 0 aliphatic carbocycles. The first-order valence-corrected chi connectivity index (χ1v) is 36.6. The molecule has 0 aliphatic rings. The van der Waals surface area contributed by atoms with Crippen molar-refractivity contribution in [2.45, 2.75) is 424 Å². The van der Waals surface area contributed by atoms with Gasteiger partial charge in [-0.15, -0.1) is 0 Å². The van der Waals surface area contributed by atoms with Crippen LogP contribution in [0.25, 0.3) is 0 Å². The number of carbonyl (C=O) groups excluding carboxylic acids is 2. The third kappa shape index (κ3) is 65.5. The lowest BCUT2D eigenvalue weighted by atomic mass is 10.0. The number of hydrogen-bond donors (Lipinski definition) is 3. The molecule has 3 N–H and O–H groups in total. The molecule has 0 heterocycles. The van der Waals surface area contributed by atoms with E-state index in [-0.39, 0.29) is 18.5 Å². The van der Waals surface area contributed by atoms with Crippen molar-refractivity contribution in [1.82, 2.24) is 5.32 Å².